The maximum atomic E-state index is 10.9. The number of phenols is 1. The average molecular weight is 412 g/mol. The van der Waals surface area contributed by atoms with Gasteiger partial charge < -0.3 is 20.4 Å². The number of benzene rings is 1. The van der Waals surface area contributed by atoms with Crippen molar-refractivity contribution >= 4 is 11.9 Å². The molecule has 0 heterocycles. The van der Waals surface area contributed by atoms with E-state index in [1.165, 1.54) is 11.1 Å². The van der Waals surface area contributed by atoms with Gasteiger partial charge in [-0.3, -0.25) is 0 Å². The third-order valence-corrected chi connectivity index (χ3v) is 7.47. The molecule has 0 unspecified atom stereocenters. The number of aliphatic hydroxyl groups is 1. The molecule has 0 aromatic heterocycles. The van der Waals surface area contributed by atoms with Gasteiger partial charge in [-0.15, -0.1) is 6.42 Å². The monoisotopic (exact) mass is 412 g/mol. The van der Waals surface area contributed by atoms with Gasteiger partial charge in [0.05, 0.1) is 0 Å². The van der Waals surface area contributed by atoms with E-state index in [0.29, 0.717) is 35.7 Å². The number of aliphatic carboxylic acids is 2. The Morgan fingerprint density at radius 2 is 1.80 bits per heavy atom. The lowest BCUT2D eigenvalue weighted by atomic mass is 9.53. The van der Waals surface area contributed by atoms with Crippen LogP contribution in [0.2, 0.25) is 0 Å². The van der Waals surface area contributed by atoms with Gasteiger partial charge in [-0.2, -0.15) is 0 Å². The first-order chi connectivity index (χ1) is 14.1. The highest BCUT2D eigenvalue weighted by molar-refractivity contribution is 5.89. The summed E-state index contributed by atoms with van der Waals surface area (Å²) >= 11 is 0. The third-order valence-electron chi connectivity index (χ3n) is 7.47. The minimum absolute atomic E-state index is 0.128. The van der Waals surface area contributed by atoms with Crippen LogP contribution in [0.5, 0.6) is 5.75 Å². The average Bonchev–Trinajstić information content (AvgIpc) is 2.98. The fourth-order valence-corrected chi connectivity index (χ4v) is 5.96. The second-order valence-corrected chi connectivity index (χ2v) is 8.81. The molecule has 30 heavy (non-hydrogen) atoms. The predicted molar refractivity (Wildman–Crippen MR) is 111 cm³/mol. The standard InChI is InChI=1S/C20H24O2.C4H4O4/c1-3-20(22)11-9-18-17-6-4-13-12-14(21)5-7-15(13)16(17)8-10-19(18,20)2;5-3(6)1-2-4(7)8/h1,5,7,12,16-18,21-22H,4,6,8-11H2,2H3;1-2H,(H,5,6)(H,7,8)/b;2-1+/t16-,17-,18+,19+,20+;/m1./s1. The lowest BCUT2D eigenvalue weighted by molar-refractivity contribution is -0.134. The Labute approximate surface area is 176 Å². The van der Waals surface area contributed by atoms with Crippen molar-refractivity contribution in [2.75, 3.05) is 0 Å². The molecule has 2 fully saturated rings. The summed E-state index contributed by atoms with van der Waals surface area (Å²) in [5, 5.41) is 36.3. The molecule has 1 aromatic carbocycles. The summed E-state index contributed by atoms with van der Waals surface area (Å²) in [4.78, 5) is 19.1. The number of carbonyl (C=O) groups is 2. The highest BCUT2D eigenvalue weighted by Gasteiger charge is 2.61. The van der Waals surface area contributed by atoms with Crippen LogP contribution in [0, 0.1) is 29.6 Å². The van der Waals surface area contributed by atoms with Gasteiger partial charge in [0, 0.05) is 17.6 Å². The summed E-state index contributed by atoms with van der Waals surface area (Å²) in [7, 11) is 0. The Morgan fingerprint density at radius 3 is 2.40 bits per heavy atom. The van der Waals surface area contributed by atoms with Crippen molar-refractivity contribution in [3.63, 3.8) is 0 Å². The van der Waals surface area contributed by atoms with Crippen LogP contribution in [0.25, 0.3) is 0 Å². The molecule has 2 saturated carbocycles. The van der Waals surface area contributed by atoms with Crippen LogP contribution in [-0.4, -0.2) is 38.0 Å². The van der Waals surface area contributed by atoms with Gasteiger partial charge in [-0.25, -0.2) is 9.59 Å². The van der Waals surface area contributed by atoms with E-state index in [2.05, 4.69) is 18.9 Å². The van der Waals surface area contributed by atoms with Crippen LogP contribution in [0.15, 0.2) is 30.4 Å². The number of phenolic OH excluding ortho intramolecular Hbond substituents is 1. The second-order valence-electron chi connectivity index (χ2n) is 8.81. The molecule has 160 valence electrons. The van der Waals surface area contributed by atoms with Crippen LogP contribution >= 0.6 is 0 Å². The second kappa shape index (κ2) is 8.16. The molecule has 6 nitrogen and oxygen atoms in total. The highest BCUT2D eigenvalue weighted by Crippen LogP contribution is 2.64. The molecule has 3 aliphatic carbocycles. The van der Waals surface area contributed by atoms with E-state index in [4.69, 9.17) is 16.6 Å². The number of carboxylic acids is 2. The van der Waals surface area contributed by atoms with E-state index in [-0.39, 0.29) is 5.41 Å². The predicted octanol–water partition coefficient (Wildman–Crippen LogP) is 3.32. The number of hydrogen-bond acceptors (Lipinski definition) is 4. The van der Waals surface area contributed by atoms with Crippen molar-refractivity contribution in [3.8, 4) is 18.1 Å². The molecule has 3 aliphatic rings. The van der Waals surface area contributed by atoms with E-state index >= 15 is 0 Å². The quantitative estimate of drug-likeness (QED) is 0.438. The van der Waals surface area contributed by atoms with E-state index in [1.807, 2.05) is 12.1 Å². The number of rotatable bonds is 2. The maximum absolute atomic E-state index is 10.9. The summed E-state index contributed by atoms with van der Waals surface area (Å²) in [5.41, 5.74) is 1.69. The molecule has 4 N–H and O–H groups in total. The number of hydrogen-bond donors (Lipinski definition) is 4. The summed E-state index contributed by atoms with van der Waals surface area (Å²) in [6, 6.07) is 5.87. The Kier molecular flexibility index (Phi) is 5.96. The lowest BCUT2D eigenvalue weighted by Crippen LogP contribution is -2.50. The van der Waals surface area contributed by atoms with Gasteiger partial charge >= 0.3 is 11.9 Å². The molecular weight excluding hydrogens is 384 g/mol. The molecule has 0 aliphatic heterocycles. The van der Waals surface area contributed by atoms with Gasteiger partial charge in [-0.1, -0.05) is 18.9 Å². The van der Waals surface area contributed by atoms with Gasteiger partial charge in [0.1, 0.15) is 11.4 Å². The first kappa shape index (κ1) is 21.9. The lowest BCUT2D eigenvalue weighted by Gasteiger charge is -2.52. The van der Waals surface area contributed by atoms with Crippen LogP contribution in [0.3, 0.4) is 0 Å². The molecule has 6 heteroatoms. The summed E-state index contributed by atoms with van der Waals surface area (Å²) in [6.45, 7) is 2.22. The first-order valence-electron chi connectivity index (χ1n) is 10.3. The molecule has 4 rings (SSSR count). The molecule has 0 bridgehead atoms. The molecule has 5 atom stereocenters. The minimum Gasteiger partial charge on any atom is -0.508 e. The van der Waals surface area contributed by atoms with Crippen LogP contribution in [-0.2, 0) is 16.0 Å². The summed E-state index contributed by atoms with van der Waals surface area (Å²) in [6.07, 6.45) is 12.9. The first-order valence-corrected chi connectivity index (χ1v) is 10.3. The molecule has 0 radical (unpaired) electrons. The molecule has 1 aromatic rings. The normalized spacial score (nSPS) is 34.0. The van der Waals surface area contributed by atoms with Crippen LogP contribution in [0.4, 0.5) is 0 Å². The Morgan fingerprint density at radius 1 is 1.13 bits per heavy atom. The van der Waals surface area contributed by atoms with Crippen molar-refractivity contribution in [1.82, 2.24) is 0 Å². The van der Waals surface area contributed by atoms with Crippen LogP contribution < -0.4 is 0 Å². The Hall–Kier alpha value is -2.78. The molecule has 0 spiro atoms. The van der Waals surface area contributed by atoms with Crippen LogP contribution in [0.1, 0.15) is 56.1 Å². The van der Waals surface area contributed by atoms with Gasteiger partial charge in [-0.05, 0) is 79.5 Å². The Bertz CT molecular complexity index is 897. The fraction of sp³-hybridized carbons (Fsp3) is 0.500. The van der Waals surface area contributed by atoms with E-state index < -0.39 is 17.5 Å². The smallest absolute Gasteiger partial charge is 0.328 e. The Balaban J connectivity index is 0.000000275. The number of fused-ring (bicyclic) bond motifs is 5. The third kappa shape index (κ3) is 3.82. The molecule has 0 amide bonds. The van der Waals surface area contributed by atoms with Gasteiger partial charge in [0.15, 0.2) is 0 Å². The summed E-state index contributed by atoms with van der Waals surface area (Å²) in [5.74, 6) is 2.30. The van der Waals surface area contributed by atoms with Crippen molar-refractivity contribution in [1.29, 1.82) is 0 Å². The number of terminal acetylenes is 1. The summed E-state index contributed by atoms with van der Waals surface area (Å²) < 4.78 is 0. The molecular formula is C24H28O6. The fourth-order valence-electron chi connectivity index (χ4n) is 5.96. The van der Waals surface area contributed by atoms with Crippen molar-refractivity contribution in [2.45, 2.75) is 57.0 Å². The highest BCUT2D eigenvalue weighted by atomic mass is 16.4. The zero-order valence-corrected chi connectivity index (χ0v) is 17.0. The maximum Gasteiger partial charge on any atom is 0.328 e. The number of aryl methyl sites for hydroxylation is 1. The van der Waals surface area contributed by atoms with Crippen molar-refractivity contribution < 1.29 is 30.0 Å². The zero-order valence-electron chi connectivity index (χ0n) is 17.0. The van der Waals surface area contributed by atoms with E-state index in [0.717, 1.165) is 38.5 Å². The van der Waals surface area contributed by atoms with Gasteiger partial charge in [0.25, 0.3) is 0 Å². The number of aromatic hydroxyl groups is 1. The number of carboxylic acid groups (broad SMARTS) is 2. The minimum atomic E-state index is -1.26. The van der Waals surface area contributed by atoms with Gasteiger partial charge in [0.2, 0.25) is 0 Å². The SMILES string of the molecule is C#C[C@]1(O)CC[C@H]2[C@@H]3CCc4cc(O)ccc4[C@H]3CC[C@@]21C.O=C(O)/C=C/C(=O)O. The zero-order chi connectivity index (χ0) is 22.1. The van der Waals surface area contributed by atoms with Crippen molar-refractivity contribution in [3.05, 3.63) is 41.5 Å². The molecule has 0 saturated heterocycles. The largest absolute Gasteiger partial charge is 0.508 e. The topological polar surface area (TPSA) is 115 Å². The van der Waals surface area contributed by atoms with E-state index in [1.54, 1.807) is 0 Å². The van der Waals surface area contributed by atoms with E-state index in [9.17, 15) is 19.8 Å². The van der Waals surface area contributed by atoms with Crippen molar-refractivity contribution in [2.24, 2.45) is 17.3 Å².